The normalized spacial score (nSPS) is 14.9. The molecule has 1 aliphatic heterocycles. The molecule has 0 saturated carbocycles. The molecule has 1 aliphatic rings. The first-order valence-electron chi connectivity index (χ1n) is 6.21. The van der Waals surface area contributed by atoms with Gasteiger partial charge in [-0.25, -0.2) is 4.79 Å². The molecule has 1 fully saturated rings. The first kappa shape index (κ1) is 12.3. The minimum Gasteiger partial charge on any atom is -0.323 e. The molecule has 5 nitrogen and oxygen atoms in total. The first-order chi connectivity index (χ1) is 9.24. The number of amides is 1. The van der Waals surface area contributed by atoms with Crippen LogP contribution < -0.4 is 0 Å². The second kappa shape index (κ2) is 5.13. The van der Waals surface area contributed by atoms with Crippen molar-refractivity contribution in [3.05, 3.63) is 34.9 Å². The summed E-state index contributed by atoms with van der Waals surface area (Å²) in [6.45, 7) is 1.62. The van der Waals surface area contributed by atoms with Crippen LogP contribution >= 0.6 is 15.9 Å². The zero-order chi connectivity index (χ0) is 13.2. The third kappa shape index (κ3) is 2.53. The largest absolute Gasteiger partial charge is 0.346 e. The van der Waals surface area contributed by atoms with Crippen LogP contribution in [0.1, 0.15) is 12.8 Å². The molecule has 19 heavy (non-hydrogen) atoms. The van der Waals surface area contributed by atoms with E-state index in [1.54, 1.807) is 11.1 Å². The van der Waals surface area contributed by atoms with Gasteiger partial charge in [-0.15, -0.1) is 5.10 Å². The maximum Gasteiger partial charge on any atom is 0.346 e. The Labute approximate surface area is 119 Å². The molecule has 0 bridgehead atoms. The van der Waals surface area contributed by atoms with Crippen LogP contribution in [-0.2, 0) is 0 Å². The average Bonchev–Trinajstić information content (AvgIpc) is 3.10. The fraction of sp³-hybridized carbons (Fsp3) is 0.308. The summed E-state index contributed by atoms with van der Waals surface area (Å²) in [7, 11) is 0. The second-order valence-electron chi connectivity index (χ2n) is 4.53. The quantitative estimate of drug-likeness (QED) is 0.811. The molecule has 2 aromatic rings. The zero-order valence-electron chi connectivity index (χ0n) is 10.3. The van der Waals surface area contributed by atoms with Gasteiger partial charge < -0.3 is 4.90 Å². The van der Waals surface area contributed by atoms with Crippen molar-refractivity contribution >= 4 is 22.0 Å². The van der Waals surface area contributed by atoms with Gasteiger partial charge in [-0.2, -0.15) is 4.68 Å². The minimum atomic E-state index is -0.0895. The molecule has 1 aromatic carbocycles. The number of rotatable bonds is 1. The van der Waals surface area contributed by atoms with E-state index in [0.717, 1.165) is 36.0 Å². The predicted molar refractivity (Wildman–Crippen MR) is 74.8 cm³/mol. The summed E-state index contributed by atoms with van der Waals surface area (Å²) >= 11 is 3.39. The summed E-state index contributed by atoms with van der Waals surface area (Å²) in [6.07, 6.45) is 3.82. The van der Waals surface area contributed by atoms with E-state index >= 15 is 0 Å². The highest BCUT2D eigenvalue weighted by atomic mass is 79.9. The van der Waals surface area contributed by atoms with Gasteiger partial charge in [0.1, 0.15) is 5.69 Å². The smallest absolute Gasteiger partial charge is 0.323 e. The lowest BCUT2D eigenvalue weighted by atomic mass is 10.2. The molecule has 3 rings (SSSR count). The highest BCUT2D eigenvalue weighted by Crippen LogP contribution is 2.19. The topological polar surface area (TPSA) is 51.0 Å². The Morgan fingerprint density at radius 3 is 2.53 bits per heavy atom. The summed E-state index contributed by atoms with van der Waals surface area (Å²) in [4.78, 5) is 13.9. The van der Waals surface area contributed by atoms with E-state index in [9.17, 15) is 4.79 Å². The van der Waals surface area contributed by atoms with Crippen molar-refractivity contribution < 1.29 is 4.79 Å². The highest BCUT2D eigenvalue weighted by Gasteiger charge is 2.20. The molecule has 98 valence electrons. The van der Waals surface area contributed by atoms with Gasteiger partial charge in [0.2, 0.25) is 0 Å². The summed E-state index contributed by atoms with van der Waals surface area (Å²) in [5.74, 6) is 0. The lowest BCUT2D eigenvalue weighted by Gasteiger charge is -2.13. The van der Waals surface area contributed by atoms with Crippen LogP contribution in [-0.4, -0.2) is 39.0 Å². The van der Waals surface area contributed by atoms with Gasteiger partial charge in [0.15, 0.2) is 0 Å². The van der Waals surface area contributed by atoms with Gasteiger partial charge in [-0.3, -0.25) is 0 Å². The molecule has 0 radical (unpaired) electrons. The molecule has 0 atom stereocenters. The van der Waals surface area contributed by atoms with Crippen molar-refractivity contribution in [2.45, 2.75) is 12.8 Å². The predicted octanol–water partition coefficient (Wildman–Crippen LogP) is 2.77. The molecule has 6 heteroatoms. The van der Waals surface area contributed by atoms with Crippen molar-refractivity contribution in [1.82, 2.24) is 19.9 Å². The second-order valence-corrected chi connectivity index (χ2v) is 5.45. The van der Waals surface area contributed by atoms with Gasteiger partial charge in [-0.1, -0.05) is 33.3 Å². The molecule has 0 aliphatic carbocycles. The zero-order valence-corrected chi connectivity index (χ0v) is 11.9. The highest BCUT2D eigenvalue weighted by molar-refractivity contribution is 9.10. The summed E-state index contributed by atoms with van der Waals surface area (Å²) in [5.41, 5.74) is 1.66. The lowest BCUT2D eigenvalue weighted by molar-refractivity contribution is 0.206. The van der Waals surface area contributed by atoms with E-state index in [1.807, 2.05) is 24.3 Å². The van der Waals surface area contributed by atoms with Crippen molar-refractivity contribution in [1.29, 1.82) is 0 Å². The fourth-order valence-electron chi connectivity index (χ4n) is 2.16. The molecule has 1 saturated heterocycles. The van der Waals surface area contributed by atoms with Crippen LogP contribution in [0.2, 0.25) is 0 Å². The molecule has 0 N–H and O–H groups in total. The molecule has 1 amide bonds. The van der Waals surface area contributed by atoms with Crippen LogP contribution in [0.5, 0.6) is 0 Å². The van der Waals surface area contributed by atoms with E-state index in [0.29, 0.717) is 5.69 Å². The number of likely N-dealkylation sites (tertiary alicyclic amines) is 1. The van der Waals surface area contributed by atoms with Gasteiger partial charge in [-0.05, 0) is 25.0 Å². The van der Waals surface area contributed by atoms with Gasteiger partial charge in [0.25, 0.3) is 0 Å². The van der Waals surface area contributed by atoms with Crippen LogP contribution in [0.4, 0.5) is 4.79 Å². The number of hydrogen-bond acceptors (Lipinski definition) is 3. The third-order valence-corrected chi connectivity index (χ3v) is 3.73. The van der Waals surface area contributed by atoms with Gasteiger partial charge in [0, 0.05) is 23.1 Å². The Morgan fingerprint density at radius 2 is 1.84 bits per heavy atom. The SMILES string of the molecule is O=C(N1CCCC1)n1cc(-c2ccc(Br)cc2)nn1. The minimum absolute atomic E-state index is 0.0895. The van der Waals surface area contributed by atoms with Gasteiger partial charge in [0.05, 0.1) is 6.20 Å². The average molecular weight is 321 g/mol. The molecular weight excluding hydrogens is 308 g/mol. The number of hydrogen-bond donors (Lipinski definition) is 0. The Balaban J connectivity index is 1.82. The van der Waals surface area contributed by atoms with Crippen LogP contribution in [0, 0.1) is 0 Å². The van der Waals surface area contributed by atoms with Crippen molar-refractivity contribution in [3.63, 3.8) is 0 Å². The molecular formula is C13H13BrN4O. The molecule has 0 unspecified atom stereocenters. The third-order valence-electron chi connectivity index (χ3n) is 3.21. The van der Waals surface area contributed by atoms with Crippen LogP contribution in [0.3, 0.4) is 0 Å². The Morgan fingerprint density at radius 1 is 1.16 bits per heavy atom. The monoisotopic (exact) mass is 320 g/mol. The fourth-order valence-corrected chi connectivity index (χ4v) is 2.43. The molecule has 0 spiro atoms. The number of aromatic nitrogens is 3. The Kier molecular flexibility index (Phi) is 3.33. The summed E-state index contributed by atoms with van der Waals surface area (Å²) in [6, 6.07) is 7.68. The summed E-state index contributed by atoms with van der Waals surface area (Å²) in [5, 5.41) is 7.98. The number of carbonyl (C=O) groups excluding carboxylic acids is 1. The Bertz CT molecular complexity index is 587. The number of benzene rings is 1. The standard InChI is InChI=1S/C13H13BrN4O/c14-11-5-3-10(4-6-11)12-9-18(16-15-12)13(19)17-7-1-2-8-17/h3-6,9H,1-2,7-8H2. The van der Waals surface area contributed by atoms with Crippen molar-refractivity contribution in [2.75, 3.05) is 13.1 Å². The number of carbonyl (C=O) groups is 1. The molecule has 2 heterocycles. The number of nitrogens with zero attached hydrogens (tertiary/aromatic N) is 4. The van der Waals surface area contributed by atoms with Crippen LogP contribution in [0.25, 0.3) is 11.3 Å². The Hall–Kier alpha value is -1.69. The maximum absolute atomic E-state index is 12.1. The molecule has 1 aromatic heterocycles. The van der Waals surface area contributed by atoms with Crippen molar-refractivity contribution in [2.24, 2.45) is 0 Å². The van der Waals surface area contributed by atoms with E-state index in [2.05, 4.69) is 26.2 Å². The summed E-state index contributed by atoms with van der Waals surface area (Å²) < 4.78 is 2.33. The maximum atomic E-state index is 12.1. The van der Waals surface area contributed by atoms with E-state index in [-0.39, 0.29) is 6.03 Å². The van der Waals surface area contributed by atoms with Gasteiger partial charge >= 0.3 is 6.03 Å². The lowest BCUT2D eigenvalue weighted by Crippen LogP contribution is -2.32. The van der Waals surface area contributed by atoms with Crippen molar-refractivity contribution in [3.8, 4) is 11.3 Å². The van der Waals surface area contributed by atoms with E-state index in [4.69, 9.17) is 0 Å². The van der Waals surface area contributed by atoms with Crippen LogP contribution in [0.15, 0.2) is 34.9 Å². The van der Waals surface area contributed by atoms with E-state index < -0.39 is 0 Å². The van der Waals surface area contributed by atoms with E-state index in [1.165, 1.54) is 4.68 Å². The first-order valence-corrected chi connectivity index (χ1v) is 7.01. The number of halogens is 1.